The highest BCUT2D eigenvalue weighted by Crippen LogP contribution is 2.32. The van der Waals surface area contributed by atoms with E-state index in [1.165, 1.54) is 16.4 Å². The van der Waals surface area contributed by atoms with Crippen LogP contribution in [-0.2, 0) is 16.2 Å². The van der Waals surface area contributed by atoms with Crippen LogP contribution in [0.15, 0.2) is 28.7 Å². The molecule has 0 bridgehead atoms. The number of halogens is 3. The number of hydrogen-bond acceptors (Lipinski definition) is 5. The molecule has 1 aliphatic heterocycles. The minimum absolute atomic E-state index is 0.0281. The number of aromatic nitrogens is 2. The molecule has 0 aliphatic carbocycles. The van der Waals surface area contributed by atoms with Crippen LogP contribution in [0.3, 0.4) is 0 Å². The molecule has 1 aromatic heterocycles. The van der Waals surface area contributed by atoms with Crippen molar-refractivity contribution in [3.8, 4) is 11.5 Å². The third-order valence-corrected chi connectivity index (χ3v) is 6.24. The van der Waals surface area contributed by atoms with Gasteiger partial charge >= 0.3 is 6.18 Å². The summed E-state index contributed by atoms with van der Waals surface area (Å²) < 4.78 is 69.0. The van der Waals surface area contributed by atoms with E-state index in [1.807, 2.05) is 0 Å². The number of nitrogens with zero attached hydrogens (tertiary/aromatic N) is 3. The number of rotatable bonds is 4. The maximum Gasteiger partial charge on any atom is 0.416 e. The molecule has 0 amide bonds. The molecule has 1 unspecified atom stereocenters. The van der Waals surface area contributed by atoms with Gasteiger partial charge in [0.25, 0.3) is 0 Å². The minimum Gasteiger partial charge on any atom is -0.420 e. The standard InChI is InChI=1S/C16H18F3N3O3S/c1-2-26(23,24)22-9-3-4-12(10-22)15-21-20-14(25-15)11-5-7-13(8-6-11)16(17,18)19/h5-8,12H,2-4,9-10H2,1H3. The van der Waals surface area contributed by atoms with E-state index in [9.17, 15) is 21.6 Å². The summed E-state index contributed by atoms with van der Waals surface area (Å²) in [6, 6.07) is 4.45. The van der Waals surface area contributed by atoms with Crippen LogP contribution in [0.5, 0.6) is 0 Å². The second-order valence-electron chi connectivity index (χ2n) is 6.12. The Morgan fingerprint density at radius 1 is 1.23 bits per heavy atom. The summed E-state index contributed by atoms with van der Waals surface area (Å²) in [7, 11) is -3.29. The number of sulfonamides is 1. The van der Waals surface area contributed by atoms with Gasteiger partial charge in [0.2, 0.25) is 21.8 Å². The van der Waals surface area contributed by atoms with Gasteiger partial charge in [-0.05, 0) is 44.0 Å². The van der Waals surface area contributed by atoms with Gasteiger partial charge in [0.1, 0.15) is 0 Å². The van der Waals surface area contributed by atoms with Crippen LogP contribution in [0.25, 0.3) is 11.5 Å². The zero-order chi connectivity index (χ0) is 18.9. The predicted octanol–water partition coefficient (Wildman–Crippen LogP) is 3.28. The van der Waals surface area contributed by atoms with Gasteiger partial charge in [-0.3, -0.25) is 0 Å². The van der Waals surface area contributed by atoms with Gasteiger partial charge in [0, 0.05) is 18.7 Å². The molecule has 10 heteroatoms. The van der Waals surface area contributed by atoms with Crippen LogP contribution in [0.4, 0.5) is 13.2 Å². The van der Waals surface area contributed by atoms with Crippen LogP contribution in [0.1, 0.15) is 37.1 Å². The average Bonchev–Trinajstić information content (AvgIpc) is 3.11. The minimum atomic E-state index is -4.41. The van der Waals surface area contributed by atoms with E-state index >= 15 is 0 Å². The Morgan fingerprint density at radius 3 is 2.54 bits per heavy atom. The third kappa shape index (κ3) is 3.90. The highest BCUT2D eigenvalue weighted by atomic mass is 32.2. The Hall–Kier alpha value is -1.94. The summed E-state index contributed by atoms with van der Waals surface area (Å²) in [6.07, 6.45) is -3.01. The molecule has 6 nitrogen and oxygen atoms in total. The average molecular weight is 389 g/mol. The van der Waals surface area contributed by atoms with Crippen molar-refractivity contribution in [1.82, 2.24) is 14.5 Å². The maximum atomic E-state index is 12.6. The fourth-order valence-corrected chi connectivity index (χ4v) is 4.08. The summed E-state index contributed by atoms with van der Waals surface area (Å²) in [6.45, 7) is 2.33. The normalized spacial score (nSPS) is 19.6. The Bertz CT molecular complexity index is 863. The van der Waals surface area contributed by atoms with Gasteiger partial charge in [-0.2, -0.15) is 13.2 Å². The van der Waals surface area contributed by atoms with Crippen molar-refractivity contribution >= 4 is 10.0 Å². The van der Waals surface area contributed by atoms with E-state index in [4.69, 9.17) is 4.42 Å². The van der Waals surface area contributed by atoms with Crippen molar-refractivity contribution in [1.29, 1.82) is 0 Å². The Balaban J connectivity index is 1.77. The van der Waals surface area contributed by atoms with Crippen molar-refractivity contribution in [2.45, 2.75) is 31.9 Å². The van der Waals surface area contributed by atoms with Crippen LogP contribution in [0.2, 0.25) is 0 Å². The topological polar surface area (TPSA) is 76.3 Å². The zero-order valence-electron chi connectivity index (χ0n) is 14.0. The van der Waals surface area contributed by atoms with Gasteiger partial charge in [0.15, 0.2) is 0 Å². The van der Waals surface area contributed by atoms with Crippen molar-refractivity contribution in [3.05, 3.63) is 35.7 Å². The molecule has 2 heterocycles. The molecule has 1 fully saturated rings. The van der Waals surface area contributed by atoms with Gasteiger partial charge in [0.05, 0.1) is 17.2 Å². The molecule has 1 saturated heterocycles. The first-order chi connectivity index (χ1) is 12.2. The lowest BCUT2D eigenvalue weighted by Gasteiger charge is -2.29. The summed E-state index contributed by atoms with van der Waals surface area (Å²) in [5.74, 6) is 0.223. The first-order valence-electron chi connectivity index (χ1n) is 8.19. The molecule has 1 atom stereocenters. The molecule has 0 radical (unpaired) electrons. The van der Waals surface area contributed by atoms with E-state index in [1.54, 1.807) is 6.92 Å². The smallest absolute Gasteiger partial charge is 0.416 e. The van der Waals surface area contributed by atoms with Crippen LogP contribution in [0, 0.1) is 0 Å². The largest absolute Gasteiger partial charge is 0.420 e. The monoisotopic (exact) mass is 389 g/mol. The number of alkyl halides is 3. The Morgan fingerprint density at radius 2 is 1.92 bits per heavy atom. The van der Waals surface area contributed by atoms with Gasteiger partial charge in [-0.1, -0.05) is 0 Å². The maximum absolute atomic E-state index is 12.6. The van der Waals surface area contributed by atoms with Crippen LogP contribution in [-0.4, -0.2) is 41.8 Å². The molecule has 0 N–H and O–H groups in total. The first kappa shape index (κ1) is 18.8. The summed E-state index contributed by atoms with van der Waals surface area (Å²) in [5.41, 5.74) is -0.376. The molecule has 1 aromatic carbocycles. The fourth-order valence-electron chi connectivity index (χ4n) is 2.90. The fraction of sp³-hybridized carbons (Fsp3) is 0.500. The second-order valence-corrected chi connectivity index (χ2v) is 8.38. The van der Waals surface area contributed by atoms with Crippen LogP contribution < -0.4 is 0 Å². The second kappa shape index (κ2) is 6.99. The summed E-state index contributed by atoms with van der Waals surface area (Å²) >= 11 is 0. The predicted molar refractivity (Wildman–Crippen MR) is 87.7 cm³/mol. The van der Waals surface area contributed by atoms with E-state index in [2.05, 4.69) is 10.2 Å². The summed E-state index contributed by atoms with van der Waals surface area (Å²) in [4.78, 5) is 0. The summed E-state index contributed by atoms with van der Waals surface area (Å²) in [5, 5.41) is 7.86. The number of piperidine rings is 1. The molecule has 1 aliphatic rings. The van der Waals surface area contributed by atoms with E-state index in [-0.39, 0.29) is 24.1 Å². The molecule has 3 rings (SSSR count). The van der Waals surface area contributed by atoms with E-state index in [0.717, 1.165) is 12.1 Å². The van der Waals surface area contributed by atoms with Crippen molar-refractivity contribution in [3.63, 3.8) is 0 Å². The third-order valence-electron chi connectivity index (χ3n) is 4.39. The van der Waals surface area contributed by atoms with Crippen molar-refractivity contribution < 1.29 is 26.0 Å². The Kier molecular flexibility index (Phi) is 5.07. The van der Waals surface area contributed by atoms with E-state index in [0.29, 0.717) is 30.8 Å². The highest BCUT2D eigenvalue weighted by Gasteiger charge is 2.32. The molecule has 0 saturated carbocycles. The van der Waals surface area contributed by atoms with Gasteiger partial charge in [-0.15, -0.1) is 10.2 Å². The van der Waals surface area contributed by atoms with Gasteiger partial charge < -0.3 is 4.42 Å². The quantitative estimate of drug-likeness (QED) is 0.802. The highest BCUT2D eigenvalue weighted by molar-refractivity contribution is 7.89. The van der Waals surface area contributed by atoms with Crippen LogP contribution >= 0.6 is 0 Å². The van der Waals surface area contributed by atoms with Crippen molar-refractivity contribution in [2.24, 2.45) is 0 Å². The molecule has 2 aromatic rings. The van der Waals surface area contributed by atoms with Gasteiger partial charge in [-0.25, -0.2) is 12.7 Å². The molecular formula is C16H18F3N3O3S. The van der Waals surface area contributed by atoms with Crippen molar-refractivity contribution in [2.75, 3.05) is 18.8 Å². The molecule has 0 spiro atoms. The zero-order valence-corrected chi connectivity index (χ0v) is 14.8. The SMILES string of the molecule is CCS(=O)(=O)N1CCCC(c2nnc(-c3ccc(C(F)(F)F)cc3)o2)C1. The lowest BCUT2D eigenvalue weighted by atomic mass is 10.00. The lowest BCUT2D eigenvalue weighted by Crippen LogP contribution is -2.39. The molecular weight excluding hydrogens is 371 g/mol. The van der Waals surface area contributed by atoms with E-state index < -0.39 is 21.8 Å². The molecule has 142 valence electrons. The number of hydrogen-bond donors (Lipinski definition) is 0. The lowest BCUT2D eigenvalue weighted by molar-refractivity contribution is -0.137. The first-order valence-corrected chi connectivity index (χ1v) is 9.80. The molecule has 26 heavy (non-hydrogen) atoms. The Labute approximate surface area is 149 Å². The number of benzene rings is 1.